The number of hydrogen-bond acceptors (Lipinski definition) is 5. The fourth-order valence-corrected chi connectivity index (χ4v) is 4.12. The first kappa shape index (κ1) is 23.9. The summed E-state index contributed by atoms with van der Waals surface area (Å²) in [6.45, 7) is 3.77. The van der Waals surface area contributed by atoms with E-state index < -0.39 is 6.03 Å². The van der Waals surface area contributed by atoms with Crippen molar-refractivity contribution in [2.75, 3.05) is 48.2 Å². The highest BCUT2D eigenvalue weighted by atomic mass is 16.5. The maximum atomic E-state index is 13.0. The van der Waals surface area contributed by atoms with E-state index in [0.717, 1.165) is 37.2 Å². The molecule has 1 saturated heterocycles. The highest BCUT2D eigenvalue weighted by Crippen LogP contribution is 2.33. The number of methoxy groups -OCH3 is 2. The molecule has 1 aliphatic rings. The Balaban J connectivity index is 1.57. The molecule has 4 rings (SSSR count). The normalized spacial score (nSPS) is 12.7. The Hall–Kier alpha value is -4.20. The molecule has 0 spiro atoms. The van der Waals surface area contributed by atoms with Gasteiger partial charge in [-0.1, -0.05) is 17.7 Å². The minimum atomic E-state index is -0.431. The molecule has 0 aromatic heterocycles. The topological polar surface area (TPSA) is 91.9 Å². The highest BCUT2D eigenvalue weighted by molar-refractivity contribution is 6.06. The van der Waals surface area contributed by atoms with E-state index in [4.69, 9.17) is 9.47 Å². The van der Waals surface area contributed by atoms with Crippen LogP contribution in [-0.4, -0.2) is 39.2 Å². The van der Waals surface area contributed by atoms with Crippen molar-refractivity contribution in [2.24, 2.45) is 0 Å². The summed E-state index contributed by atoms with van der Waals surface area (Å²) < 4.78 is 10.6. The van der Waals surface area contributed by atoms with E-state index in [0.29, 0.717) is 34.1 Å². The molecule has 3 aromatic carbocycles. The Labute approximate surface area is 205 Å². The molecule has 0 radical (unpaired) electrons. The van der Waals surface area contributed by atoms with Crippen LogP contribution in [0.4, 0.5) is 27.5 Å². The van der Waals surface area contributed by atoms with Crippen LogP contribution >= 0.6 is 0 Å². The van der Waals surface area contributed by atoms with Crippen LogP contribution in [0.2, 0.25) is 0 Å². The predicted molar refractivity (Wildman–Crippen MR) is 139 cm³/mol. The van der Waals surface area contributed by atoms with Crippen LogP contribution in [0.1, 0.15) is 28.8 Å². The minimum Gasteiger partial charge on any atom is -0.497 e. The van der Waals surface area contributed by atoms with Gasteiger partial charge in [0.15, 0.2) is 0 Å². The van der Waals surface area contributed by atoms with E-state index in [9.17, 15) is 9.59 Å². The van der Waals surface area contributed by atoms with Crippen LogP contribution in [-0.2, 0) is 0 Å². The van der Waals surface area contributed by atoms with Crippen molar-refractivity contribution >= 4 is 34.7 Å². The summed E-state index contributed by atoms with van der Waals surface area (Å²) in [6.07, 6.45) is 2.19. The lowest BCUT2D eigenvalue weighted by atomic mass is 10.1. The van der Waals surface area contributed by atoms with Gasteiger partial charge >= 0.3 is 6.03 Å². The van der Waals surface area contributed by atoms with Crippen molar-refractivity contribution in [3.63, 3.8) is 0 Å². The third-order valence-corrected chi connectivity index (χ3v) is 5.88. The van der Waals surface area contributed by atoms with Gasteiger partial charge in [0.25, 0.3) is 5.91 Å². The lowest BCUT2D eigenvalue weighted by molar-refractivity contribution is 0.102. The number of benzene rings is 3. The number of nitrogens with zero attached hydrogens (tertiary/aromatic N) is 1. The van der Waals surface area contributed by atoms with Crippen molar-refractivity contribution in [3.05, 3.63) is 71.8 Å². The summed E-state index contributed by atoms with van der Waals surface area (Å²) in [6, 6.07) is 17.7. The van der Waals surface area contributed by atoms with Crippen molar-refractivity contribution < 1.29 is 19.1 Å². The van der Waals surface area contributed by atoms with Crippen LogP contribution in [0.3, 0.4) is 0 Å². The van der Waals surface area contributed by atoms with Gasteiger partial charge in [-0.25, -0.2) is 4.79 Å². The second kappa shape index (κ2) is 10.8. The lowest BCUT2D eigenvalue weighted by Gasteiger charge is -2.23. The van der Waals surface area contributed by atoms with E-state index in [1.807, 2.05) is 37.3 Å². The number of rotatable bonds is 7. The molecule has 0 aliphatic carbocycles. The largest absolute Gasteiger partial charge is 0.497 e. The molecule has 0 saturated carbocycles. The first-order valence-corrected chi connectivity index (χ1v) is 11.5. The molecule has 0 bridgehead atoms. The number of carbonyl (C=O) groups is 2. The smallest absolute Gasteiger partial charge is 0.323 e. The summed E-state index contributed by atoms with van der Waals surface area (Å²) in [5, 5.41) is 8.72. The Bertz CT molecular complexity index is 1220. The second-order valence-corrected chi connectivity index (χ2v) is 8.40. The van der Waals surface area contributed by atoms with Crippen LogP contribution in [0.25, 0.3) is 0 Å². The number of urea groups is 1. The van der Waals surface area contributed by atoms with Gasteiger partial charge in [-0.15, -0.1) is 0 Å². The Morgan fingerprint density at radius 1 is 0.829 bits per heavy atom. The van der Waals surface area contributed by atoms with Crippen molar-refractivity contribution in [2.45, 2.75) is 19.8 Å². The summed E-state index contributed by atoms with van der Waals surface area (Å²) in [5.41, 5.74) is 4.17. The number of amides is 3. The molecule has 8 heteroatoms. The molecule has 1 fully saturated rings. The molecule has 3 aromatic rings. The number of ether oxygens (including phenoxy) is 2. The number of anilines is 4. The molecular weight excluding hydrogens is 444 g/mol. The number of hydrogen-bond donors (Lipinski definition) is 3. The summed E-state index contributed by atoms with van der Waals surface area (Å²) in [5.74, 6) is 0.902. The second-order valence-electron chi connectivity index (χ2n) is 8.40. The monoisotopic (exact) mass is 474 g/mol. The zero-order valence-electron chi connectivity index (χ0n) is 20.2. The van der Waals surface area contributed by atoms with Crippen molar-refractivity contribution in [1.82, 2.24) is 0 Å². The lowest BCUT2D eigenvalue weighted by Crippen LogP contribution is -2.24. The zero-order chi connectivity index (χ0) is 24.8. The minimum absolute atomic E-state index is 0.209. The van der Waals surface area contributed by atoms with Gasteiger partial charge < -0.3 is 30.3 Å². The maximum absolute atomic E-state index is 13.0. The highest BCUT2D eigenvalue weighted by Gasteiger charge is 2.19. The fraction of sp³-hybridized carbons (Fsp3) is 0.259. The van der Waals surface area contributed by atoms with E-state index in [1.165, 1.54) is 7.11 Å². The van der Waals surface area contributed by atoms with Gasteiger partial charge in [-0.2, -0.15) is 0 Å². The van der Waals surface area contributed by atoms with Gasteiger partial charge in [0.2, 0.25) is 0 Å². The van der Waals surface area contributed by atoms with E-state index in [1.54, 1.807) is 37.4 Å². The summed E-state index contributed by atoms with van der Waals surface area (Å²) in [7, 11) is 3.10. The van der Waals surface area contributed by atoms with Gasteiger partial charge in [0.05, 0.1) is 31.3 Å². The Kier molecular flexibility index (Phi) is 7.40. The zero-order valence-corrected chi connectivity index (χ0v) is 20.2. The molecule has 182 valence electrons. The first-order chi connectivity index (χ1) is 17.0. The molecule has 1 heterocycles. The number of nitrogens with one attached hydrogen (secondary N) is 3. The number of carbonyl (C=O) groups excluding carboxylic acids is 2. The Morgan fingerprint density at radius 2 is 1.60 bits per heavy atom. The average molecular weight is 475 g/mol. The molecule has 0 unspecified atom stereocenters. The summed E-state index contributed by atoms with van der Waals surface area (Å²) >= 11 is 0. The van der Waals surface area contributed by atoms with Crippen LogP contribution < -0.4 is 30.3 Å². The van der Waals surface area contributed by atoms with Crippen molar-refractivity contribution in [3.8, 4) is 11.5 Å². The van der Waals surface area contributed by atoms with E-state index >= 15 is 0 Å². The number of aryl methyl sites for hydroxylation is 1. The average Bonchev–Trinajstić information content (AvgIpc) is 3.39. The molecule has 8 nitrogen and oxygen atoms in total. The fourth-order valence-electron chi connectivity index (χ4n) is 4.12. The third-order valence-electron chi connectivity index (χ3n) is 5.88. The molecule has 0 atom stereocenters. The SMILES string of the molecule is COc1ccc(OC)c(NC(=O)Nc2cc(NC(=O)c3cccc(C)c3)ccc2N2CCCC2)c1. The van der Waals surface area contributed by atoms with Gasteiger partial charge in [0.1, 0.15) is 11.5 Å². The standard InChI is InChI=1S/C27H30N4O4/c1-18-7-6-8-19(15-18)26(32)28-20-9-11-24(31-13-4-5-14-31)22(16-20)29-27(33)30-23-17-21(34-2)10-12-25(23)35-3/h6-12,15-17H,4-5,13-14H2,1-3H3,(H,28,32)(H2,29,30,33). The van der Waals surface area contributed by atoms with Crippen LogP contribution in [0.15, 0.2) is 60.7 Å². The van der Waals surface area contributed by atoms with Gasteiger partial charge in [-0.05, 0) is 62.2 Å². The maximum Gasteiger partial charge on any atom is 0.323 e. The van der Waals surface area contributed by atoms with E-state index in [2.05, 4.69) is 20.9 Å². The quantitative estimate of drug-likeness (QED) is 0.420. The molecule has 1 aliphatic heterocycles. The van der Waals surface area contributed by atoms with E-state index in [-0.39, 0.29) is 5.91 Å². The van der Waals surface area contributed by atoms with Gasteiger partial charge in [0, 0.05) is 30.4 Å². The van der Waals surface area contributed by atoms with Crippen LogP contribution in [0, 0.1) is 6.92 Å². The van der Waals surface area contributed by atoms with Crippen molar-refractivity contribution in [1.29, 1.82) is 0 Å². The van der Waals surface area contributed by atoms with Crippen LogP contribution in [0.5, 0.6) is 11.5 Å². The molecule has 3 amide bonds. The third kappa shape index (κ3) is 5.84. The van der Waals surface area contributed by atoms with Gasteiger partial charge in [-0.3, -0.25) is 4.79 Å². The Morgan fingerprint density at radius 3 is 2.31 bits per heavy atom. The predicted octanol–water partition coefficient (Wildman–Crippen LogP) is 5.51. The molecule has 3 N–H and O–H groups in total. The molecular formula is C27H30N4O4. The molecule has 35 heavy (non-hydrogen) atoms. The summed E-state index contributed by atoms with van der Waals surface area (Å²) in [4.78, 5) is 28.0. The first-order valence-electron chi connectivity index (χ1n) is 11.5.